The lowest BCUT2D eigenvalue weighted by Gasteiger charge is -2.29. The first-order valence-corrected chi connectivity index (χ1v) is 11.4. The summed E-state index contributed by atoms with van der Waals surface area (Å²) in [7, 11) is 0. The maximum absolute atomic E-state index is 13.3. The average Bonchev–Trinajstić information content (AvgIpc) is 3.41. The van der Waals surface area contributed by atoms with Gasteiger partial charge in [-0.15, -0.1) is 0 Å². The van der Waals surface area contributed by atoms with Gasteiger partial charge in [-0.2, -0.15) is 5.10 Å². The molecule has 0 aliphatic carbocycles. The zero-order chi connectivity index (χ0) is 22.5. The van der Waals surface area contributed by atoms with Crippen molar-refractivity contribution in [1.82, 2.24) is 25.4 Å². The van der Waals surface area contributed by atoms with Crippen molar-refractivity contribution in [3.8, 4) is 0 Å². The molecule has 0 radical (unpaired) electrons. The molecule has 0 spiro atoms. The second kappa shape index (κ2) is 7.77. The summed E-state index contributed by atoms with van der Waals surface area (Å²) in [5.74, 6) is -0.501. The Balaban J connectivity index is 1.34. The van der Waals surface area contributed by atoms with Crippen molar-refractivity contribution in [1.29, 1.82) is 0 Å². The van der Waals surface area contributed by atoms with Gasteiger partial charge in [0, 0.05) is 30.6 Å². The van der Waals surface area contributed by atoms with E-state index in [1.807, 2.05) is 18.3 Å². The van der Waals surface area contributed by atoms with Gasteiger partial charge < -0.3 is 5.32 Å². The molecule has 1 unspecified atom stereocenters. The number of aromatic nitrogens is 3. The number of anilines is 1. The van der Waals surface area contributed by atoms with E-state index in [0.29, 0.717) is 30.3 Å². The fraction of sp³-hybridized carbons (Fsp3) is 0.375. The van der Waals surface area contributed by atoms with Gasteiger partial charge in [-0.3, -0.25) is 29.3 Å². The summed E-state index contributed by atoms with van der Waals surface area (Å²) in [6.45, 7) is 2.02. The molecule has 1 aromatic carbocycles. The lowest BCUT2D eigenvalue weighted by Crippen LogP contribution is -2.53. The van der Waals surface area contributed by atoms with Gasteiger partial charge in [0.1, 0.15) is 11.9 Å². The Morgan fingerprint density at radius 2 is 1.91 bits per heavy atom. The van der Waals surface area contributed by atoms with E-state index in [2.05, 4.69) is 31.6 Å². The number of rotatable bonds is 4. The molecule has 3 aliphatic heterocycles. The fourth-order valence-electron chi connectivity index (χ4n) is 5.24. The highest BCUT2D eigenvalue weighted by molar-refractivity contribution is 6.26. The Hall–Kier alpha value is -3.59. The number of pyridine rings is 1. The first kappa shape index (κ1) is 20.0. The van der Waals surface area contributed by atoms with Crippen molar-refractivity contribution in [2.75, 3.05) is 18.0 Å². The van der Waals surface area contributed by atoms with Crippen LogP contribution in [0.4, 0.5) is 5.82 Å². The molecule has 2 fully saturated rings. The van der Waals surface area contributed by atoms with Crippen LogP contribution in [0.5, 0.6) is 0 Å². The van der Waals surface area contributed by atoms with Crippen molar-refractivity contribution >= 4 is 34.3 Å². The second-order valence-corrected chi connectivity index (χ2v) is 8.96. The summed E-state index contributed by atoms with van der Waals surface area (Å²) in [4.78, 5) is 43.4. The third-order valence-corrected chi connectivity index (χ3v) is 6.91. The van der Waals surface area contributed by atoms with E-state index >= 15 is 0 Å². The number of nitrogens with one attached hydrogen (secondary N) is 2. The van der Waals surface area contributed by atoms with Crippen molar-refractivity contribution in [3.05, 3.63) is 53.5 Å². The largest absolute Gasteiger partial charge is 0.317 e. The van der Waals surface area contributed by atoms with Crippen LogP contribution >= 0.6 is 0 Å². The van der Waals surface area contributed by atoms with E-state index in [1.54, 1.807) is 12.3 Å². The highest BCUT2D eigenvalue weighted by atomic mass is 16.2. The molecule has 3 aliphatic rings. The predicted molar refractivity (Wildman–Crippen MR) is 121 cm³/mol. The van der Waals surface area contributed by atoms with Gasteiger partial charge in [0.2, 0.25) is 11.8 Å². The number of amides is 3. The molecular formula is C24H24N6O3. The van der Waals surface area contributed by atoms with Gasteiger partial charge in [0.25, 0.3) is 5.91 Å². The Kier molecular flexibility index (Phi) is 4.72. The minimum Gasteiger partial charge on any atom is -0.317 e. The summed E-state index contributed by atoms with van der Waals surface area (Å²) in [5, 5.41) is 12.1. The number of benzene rings is 1. The smallest absolute Gasteiger partial charge is 0.260 e. The highest BCUT2D eigenvalue weighted by Crippen LogP contribution is 2.39. The average molecular weight is 444 g/mol. The fourth-order valence-corrected chi connectivity index (χ4v) is 5.24. The van der Waals surface area contributed by atoms with Gasteiger partial charge in [-0.1, -0.05) is 12.1 Å². The SMILES string of the molecule is O=C1CCC(N2C(=O)c3cccc4c(Cc5cnn(C6CCNCC6)c5)cnc2c34)C(=O)N1. The third-order valence-electron chi connectivity index (χ3n) is 6.91. The Morgan fingerprint density at radius 3 is 2.73 bits per heavy atom. The lowest BCUT2D eigenvalue weighted by molar-refractivity contribution is -0.134. The molecule has 9 heteroatoms. The van der Waals surface area contributed by atoms with Gasteiger partial charge >= 0.3 is 0 Å². The van der Waals surface area contributed by atoms with Gasteiger partial charge in [-0.05, 0) is 54.9 Å². The molecule has 6 rings (SSSR count). The van der Waals surface area contributed by atoms with Gasteiger partial charge in [0.15, 0.2) is 0 Å². The standard InChI is InChI=1S/C24H24N6O3/c31-20-5-4-19(23(32)28-20)30-22-21-17(2-1-3-18(21)24(30)33)15(12-26-22)10-14-11-27-29(13-14)16-6-8-25-9-7-16/h1-3,11-13,16,19,25H,4-10H2,(H,28,31,32). The molecule has 2 aromatic heterocycles. The summed E-state index contributed by atoms with van der Waals surface area (Å²) >= 11 is 0. The number of piperidine rings is 2. The lowest BCUT2D eigenvalue weighted by atomic mass is 10.00. The van der Waals surface area contributed by atoms with Crippen LogP contribution in [0.1, 0.15) is 53.2 Å². The molecule has 3 amide bonds. The molecule has 2 saturated heterocycles. The molecule has 0 saturated carbocycles. The Bertz CT molecular complexity index is 1290. The number of imide groups is 1. The van der Waals surface area contributed by atoms with Crippen molar-refractivity contribution in [3.63, 3.8) is 0 Å². The predicted octanol–water partition coefficient (Wildman–Crippen LogP) is 1.71. The Morgan fingerprint density at radius 1 is 1.06 bits per heavy atom. The minimum absolute atomic E-state index is 0.207. The number of carbonyl (C=O) groups is 3. The van der Waals surface area contributed by atoms with E-state index in [9.17, 15) is 14.4 Å². The van der Waals surface area contributed by atoms with E-state index in [4.69, 9.17) is 0 Å². The maximum Gasteiger partial charge on any atom is 0.260 e. The molecule has 1 atom stereocenters. The van der Waals surface area contributed by atoms with Crippen LogP contribution in [0.3, 0.4) is 0 Å². The summed E-state index contributed by atoms with van der Waals surface area (Å²) in [6.07, 6.45) is 9.12. The van der Waals surface area contributed by atoms with Gasteiger partial charge in [0.05, 0.1) is 17.8 Å². The molecule has 3 aromatic rings. The summed E-state index contributed by atoms with van der Waals surface area (Å²) < 4.78 is 2.07. The van der Waals surface area contributed by atoms with Crippen LogP contribution in [0.25, 0.3) is 10.8 Å². The van der Waals surface area contributed by atoms with Crippen LogP contribution in [-0.2, 0) is 16.0 Å². The Labute approximate surface area is 190 Å². The third kappa shape index (κ3) is 3.31. The zero-order valence-corrected chi connectivity index (χ0v) is 18.1. The topological polar surface area (TPSA) is 109 Å². The number of hydrogen-bond donors (Lipinski definition) is 2. The van der Waals surface area contributed by atoms with Crippen LogP contribution in [0, 0.1) is 0 Å². The van der Waals surface area contributed by atoms with Crippen molar-refractivity contribution < 1.29 is 14.4 Å². The molecule has 2 N–H and O–H groups in total. The number of carbonyl (C=O) groups excluding carboxylic acids is 3. The second-order valence-electron chi connectivity index (χ2n) is 8.96. The van der Waals surface area contributed by atoms with E-state index in [-0.39, 0.29) is 18.2 Å². The molecular weight excluding hydrogens is 420 g/mol. The molecule has 9 nitrogen and oxygen atoms in total. The van der Waals surface area contributed by atoms with Gasteiger partial charge in [-0.25, -0.2) is 4.98 Å². The molecule has 33 heavy (non-hydrogen) atoms. The molecule has 0 bridgehead atoms. The number of hydrogen-bond acceptors (Lipinski definition) is 6. The maximum atomic E-state index is 13.3. The van der Waals surface area contributed by atoms with Crippen LogP contribution in [-0.4, -0.2) is 51.6 Å². The van der Waals surface area contributed by atoms with E-state index < -0.39 is 11.9 Å². The van der Waals surface area contributed by atoms with E-state index in [1.165, 1.54) is 4.90 Å². The summed E-state index contributed by atoms with van der Waals surface area (Å²) in [5.41, 5.74) is 2.66. The summed E-state index contributed by atoms with van der Waals surface area (Å²) in [6, 6.07) is 5.34. The quantitative estimate of drug-likeness (QED) is 0.593. The van der Waals surface area contributed by atoms with E-state index in [0.717, 1.165) is 47.8 Å². The normalized spacial score (nSPS) is 21.2. The van der Waals surface area contributed by atoms with Crippen LogP contribution < -0.4 is 15.5 Å². The number of nitrogens with zero attached hydrogens (tertiary/aromatic N) is 4. The highest BCUT2D eigenvalue weighted by Gasteiger charge is 2.41. The first-order chi connectivity index (χ1) is 16.1. The minimum atomic E-state index is -0.729. The molecule has 5 heterocycles. The molecule has 168 valence electrons. The van der Waals surface area contributed by atoms with Crippen LogP contribution in [0.15, 0.2) is 36.8 Å². The van der Waals surface area contributed by atoms with Crippen molar-refractivity contribution in [2.45, 2.75) is 44.2 Å². The zero-order valence-electron chi connectivity index (χ0n) is 18.1. The van der Waals surface area contributed by atoms with Crippen LogP contribution in [0.2, 0.25) is 0 Å². The monoisotopic (exact) mass is 444 g/mol. The van der Waals surface area contributed by atoms with Crippen molar-refractivity contribution in [2.24, 2.45) is 0 Å². The first-order valence-electron chi connectivity index (χ1n) is 11.4.